The zero-order valence-corrected chi connectivity index (χ0v) is 20.6. The maximum atomic E-state index is 14.7. The average molecular weight is 502 g/mol. The minimum Gasteiger partial charge on any atom is -0.478 e. The monoisotopic (exact) mass is 501 g/mol. The number of fused-ring (bicyclic) bond motifs is 1. The van der Waals surface area contributed by atoms with Crippen molar-refractivity contribution < 1.29 is 28.6 Å². The summed E-state index contributed by atoms with van der Waals surface area (Å²) in [5, 5.41) is 15.6. The molecule has 1 aromatic carbocycles. The maximum absolute atomic E-state index is 14.7. The second-order valence-electron chi connectivity index (χ2n) is 8.92. The molecule has 194 valence electrons. The van der Waals surface area contributed by atoms with E-state index in [1.165, 1.54) is 18.9 Å². The summed E-state index contributed by atoms with van der Waals surface area (Å²) in [5.74, 6) is -2.60. The molecule has 0 amide bonds. The molecule has 0 radical (unpaired) electrons. The van der Waals surface area contributed by atoms with Crippen LogP contribution in [0.2, 0.25) is 0 Å². The number of aromatic nitrogens is 1. The first kappa shape index (κ1) is 27.3. The van der Waals surface area contributed by atoms with E-state index >= 15 is 0 Å². The van der Waals surface area contributed by atoms with Crippen LogP contribution < -0.4 is 4.90 Å². The zero-order chi connectivity index (χ0) is 26.1. The number of aliphatic carboxylic acids is 2. The molecule has 7 nitrogen and oxygen atoms in total. The third-order valence-corrected chi connectivity index (χ3v) is 6.52. The number of hydrogen-bond acceptors (Lipinski definition) is 5. The van der Waals surface area contributed by atoms with Gasteiger partial charge in [0.05, 0.1) is 0 Å². The fourth-order valence-corrected chi connectivity index (χ4v) is 4.59. The standard InChI is InChI=1S/C23H29F2N3.C4H4O4/c1-2-27-11-13-28(14-12-27)23-16-20(18-10-9-17(24)15-21(18)25)19-7-5-3-4-6-8-22(19)26-23;5-3(6)1-2-4(7)8/h9-10,15-16H,2-8,11-14H2,1H3;1-2H,(H,5,6)(H,7,8)/b;2-1-. The van der Waals surface area contributed by atoms with Crippen molar-refractivity contribution >= 4 is 17.8 Å². The Morgan fingerprint density at radius 3 is 2.14 bits per heavy atom. The van der Waals surface area contributed by atoms with Crippen LogP contribution in [0.3, 0.4) is 0 Å². The number of carboxylic acid groups (broad SMARTS) is 2. The van der Waals surface area contributed by atoms with E-state index in [2.05, 4.69) is 16.7 Å². The molecule has 0 spiro atoms. The Labute approximate surface area is 210 Å². The molecular weight excluding hydrogens is 468 g/mol. The third kappa shape index (κ3) is 7.58. The number of rotatable bonds is 5. The number of carboxylic acids is 2. The fraction of sp³-hybridized carbons (Fsp3) is 0.444. The van der Waals surface area contributed by atoms with Gasteiger partial charge >= 0.3 is 11.9 Å². The molecule has 4 rings (SSSR count). The number of nitrogens with zero attached hydrogens (tertiary/aromatic N) is 3. The first-order valence-electron chi connectivity index (χ1n) is 12.4. The molecule has 2 heterocycles. The van der Waals surface area contributed by atoms with Gasteiger partial charge in [0.25, 0.3) is 0 Å². The lowest BCUT2D eigenvalue weighted by Gasteiger charge is -2.35. The van der Waals surface area contributed by atoms with E-state index in [0.29, 0.717) is 17.7 Å². The first-order chi connectivity index (χ1) is 17.3. The Morgan fingerprint density at radius 2 is 1.56 bits per heavy atom. The van der Waals surface area contributed by atoms with Crippen LogP contribution in [0, 0.1) is 11.6 Å². The lowest BCUT2D eigenvalue weighted by Crippen LogP contribution is -2.46. The quantitative estimate of drug-likeness (QED) is 0.581. The Kier molecular flexibility index (Phi) is 9.93. The minimum absolute atomic E-state index is 0.489. The van der Waals surface area contributed by atoms with Gasteiger partial charge in [-0.15, -0.1) is 0 Å². The fourth-order valence-electron chi connectivity index (χ4n) is 4.59. The second-order valence-corrected chi connectivity index (χ2v) is 8.92. The molecule has 1 aromatic heterocycles. The molecule has 9 heteroatoms. The number of carbonyl (C=O) groups is 2. The zero-order valence-electron chi connectivity index (χ0n) is 20.6. The van der Waals surface area contributed by atoms with Gasteiger partial charge in [0.2, 0.25) is 0 Å². The molecule has 0 unspecified atom stereocenters. The summed E-state index contributed by atoms with van der Waals surface area (Å²) in [6.45, 7) is 7.17. The largest absolute Gasteiger partial charge is 0.478 e. The van der Waals surface area contributed by atoms with Gasteiger partial charge in [-0.1, -0.05) is 19.8 Å². The number of pyridine rings is 1. The highest BCUT2D eigenvalue weighted by molar-refractivity contribution is 5.89. The van der Waals surface area contributed by atoms with Crippen molar-refractivity contribution in [2.75, 3.05) is 37.6 Å². The third-order valence-electron chi connectivity index (χ3n) is 6.52. The van der Waals surface area contributed by atoms with E-state index in [0.717, 1.165) is 87.1 Å². The van der Waals surface area contributed by atoms with E-state index in [-0.39, 0.29) is 0 Å². The lowest BCUT2D eigenvalue weighted by molar-refractivity contribution is -0.134. The van der Waals surface area contributed by atoms with E-state index in [1.54, 1.807) is 6.07 Å². The van der Waals surface area contributed by atoms with Crippen molar-refractivity contribution in [2.24, 2.45) is 0 Å². The van der Waals surface area contributed by atoms with Gasteiger partial charge in [-0.3, -0.25) is 0 Å². The average Bonchev–Trinajstić information content (AvgIpc) is 2.83. The van der Waals surface area contributed by atoms with Gasteiger partial charge in [-0.2, -0.15) is 0 Å². The van der Waals surface area contributed by atoms with Crippen LogP contribution in [0.4, 0.5) is 14.6 Å². The number of likely N-dealkylation sites (N-methyl/N-ethyl adjacent to an activating group) is 1. The predicted octanol–water partition coefficient (Wildman–Crippen LogP) is 4.54. The van der Waals surface area contributed by atoms with Crippen LogP contribution in [0.1, 0.15) is 43.9 Å². The molecule has 2 aliphatic rings. The molecule has 1 saturated heterocycles. The van der Waals surface area contributed by atoms with E-state index in [4.69, 9.17) is 15.2 Å². The molecule has 0 bridgehead atoms. The maximum Gasteiger partial charge on any atom is 0.328 e. The molecule has 2 aromatic rings. The summed E-state index contributed by atoms with van der Waals surface area (Å²) >= 11 is 0. The summed E-state index contributed by atoms with van der Waals surface area (Å²) < 4.78 is 28.2. The van der Waals surface area contributed by atoms with Gasteiger partial charge < -0.3 is 20.0 Å². The van der Waals surface area contributed by atoms with E-state index in [9.17, 15) is 18.4 Å². The smallest absolute Gasteiger partial charge is 0.328 e. The topological polar surface area (TPSA) is 94.0 Å². The molecule has 1 fully saturated rings. The van der Waals surface area contributed by atoms with Crippen LogP contribution in [-0.2, 0) is 22.4 Å². The number of anilines is 1. The Bertz CT molecular complexity index is 1080. The number of halogens is 2. The van der Waals surface area contributed by atoms with E-state index in [1.807, 2.05) is 6.07 Å². The summed E-state index contributed by atoms with van der Waals surface area (Å²) in [6.07, 6.45) is 7.61. The van der Waals surface area contributed by atoms with Gasteiger partial charge in [0, 0.05) is 55.7 Å². The molecule has 1 aliphatic heterocycles. The van der Waals surface area contributed by atoms with E-state index < -0.39 is 23.6 Å². The van der Waals surface area contributed by atoms with Crippen molar-refractivity contribution in [3.63, 3.8) is 0 Å². The van der Waals surface area contributed by atoms with Gasteiger partial charge in [0.15, 0.2) is 0 Å². The predicted molar refractivity (Wildman–Crippen MR) is 134 cm³/mol. The van der Waals surface area contributed by atoms with Crippen LogP contribution in [0.5, 0.6) is 0 Å². The van der Waals surface area contributed by atoms with Gasteiger partial charge in [0.1, 0.15) is 17.5 Å². The summed E-state index contributed by atoms with van der Waals surface area (Å²) in [4.78, 5) is 28.9. The van der Waals surface area contributed by atoms with Crippen LogP contribution >= 0.6 is 0 Å². The minimum atomic E-state index is -1.26. The molecule has 0 saturated carbocycles. The van der Waals surface area contributed by atoms with Gasteiger partial charge in [-0.05, 0) is 61.6 Å². The van der Waals surface area contributed by atoms with Gasteiger partial charge in [-0.25, -0.2) is 23.4 Å². The van der Waals surface area contributed by atoms with Crippen LogP contribution in [0.25, 0.3) is 11.1 Å². The summed E-state index contributed by atoms with van der Waals surface area (Å²) in [5.41, 5.74) is 3.65. The molecule has 36 heavy (non-hydrogen) atoms. The Balaban J connectivity index is 0.000000392. The Morgan fingerprint density at radius 1 is 0.917 bits per heavy atom. The highest BCUT2D eigenvalue weighted by Crippen LogP contribution is 2.34. The SMILES string of the molecule is CCN1CCN(c2cc(-c3ccc(F)cc3F)c3c(n2)CCCCCC3)CC1.O=C(O)/C=C\C(=O)O. The Hall–Kier alpha value is -3.33. The van der Waals surface area contributed by atoms with Crippen molar-refractivity contribution in [1.82, 2.24) is 9.88 Å². The number of benzene rings is 1. The highest BCUT2D eigenvalue weighted by Gasteiger charge is 2.22. The second kappa shape index (κ2) is 13.1. The number of aryl methyl sites for hydroxylation is 1. The van der Waals surface area contributed by atoms with Crippen molar-refractivity contribution in [3.8, 4) is 11.1 Å². The lowest BCUT2D eigenvalue weighted by atomic mass is 9.90. The number of hydrogen-bond donors (Lipinski definition) is 2. The normalized spacial score (nSPS) is 16.5. The molecule has 1 aliphatic carbocycles. The summed E-state index contributed by atoms with van der Waals surface area (Å²) in [7, 11) is 0. The highest BCUT2D eigenvalue weighted by atomic mass is 19.1. The van der Waals surface area contributed by atoms with Crippen molar-refractivity contribution in [3.05, 3.63) is 59.3 Å². The summed E-state index contributed by atoms with van der Waals surface area (Å²) in [6, 6.07) is 5.97. The first-order valence-corrected chi connectivity index (χ1v) is 12.4. The number of piperazine rings is 1. The van der Waals surface area contributed by atoms with Crippen LogP contribution in [-0.4, -0.2) is 64.8 Å². The van der Waals surface area contributed by atoms with Crippen molar-refractivity contribution in [1.29, 1.82) is 0 Å². The molecular formula is C27H33F2N3O4. The molecule has 2 N–H and O–H groups in total. The molecule has 0 atom stereocenters. The van der Waals surface area contributed by atoms with Crippen LogP contribution in [0.15, 0.2) is 36.4 Å². The van der Waals surface area contributed by atoms with Crippen molar-refractivity contribution in [2.45, 2.75) is 45.4 Å².